The Bertz CT molecular complexity index is 416. The van der Waals surface area contributed by atoms with Crippen LogP contribution in [0, 0.1) is 0 Å². The summed E-state index contributed by atoms with van der Waals surface area (Å²) in [5.74, 6) is 1.09. The highest BCUT2D eigenvalue weighted by molar-refractivity contribution is 7.99. The molecule has 0 spiro atoms. The van der Waals surface area contributed by atoms with E-state index in [0.29, 0.717) is 6.04 Å². The Morgan fingerprint density at radius 1 is 1.38 bits per heavy atom. The lowest BCUT2D eigenvalue weighted by Gasteiger charge is -2.25. The van der Waals surface area contributed by atoms with Gasteiger partial charge in [0.05, 0.1) is 23.0 Å². The summed E-state index contributed by atoms with van der Waals surface area (Å²) in [6.45, 7) is 6.24. The van der Waals surface area contributed by atoms with Gasteiger partial charge in [-0.25, -0.2) is 0 Å². The maximum absolute atomic E-state index is 6.40. The molecule has 21 heavy (non-hydrogen) atoms. The van der Waals surface area contributed by atoms with Crippen molar-refractivity contribution in [1.82, 2.24) is 15.1 Å². The lowest BCUT2D eigenvalue weighted by Crippen LogP contribution is -2.27. The lowest BCUT2D eigenvalue weighted by atomic mass is 10.0. The average molecular weight is 330 g/mol. The molecule has 3 nitrogen and oxygen atoms in total. The van der Waals surface area contributed by atoms with E-state index < -0.39 is 0 Å². The Hall–Kier alpha value is -0.190. The van der Waals surface area contributed by atoms with Gasteiger partial charge in [0.2, 0.25) is 0 Å². The highest BCUT2D eigenvalue weighted by Gasteiger charge is 2.22. The molecular formula is C16H28ClN3S. The number of nitrogens with one attached hydrogen (secondary N) is 1. The predicted octanol–water partition coefficient (Wildman–Crippen LogP) is 4.66. The van der Waals surface area contributed by atoms with E-state index in [4.69, 9.17) is 11.6 Å². The maximum atomic E-state index is 6.40. The molecule has 0 saturated heterocycles. The van der Waals surface area contributed by atoms with Crippen molar-refractivity contribution in [3.05, 3.63) is 16.9 Å². The summed E-state index contributed by atoms with van der Waals surface area (Å²) in [4.78, 5) is 0. The fourth-order valence-electron chi connectivity index (χ4n) is 3.05. The van der Waals surface area contributed by atoms with Gasteiger partial charge in [-0.3, -0.25) is 4.68 Å². The third-order valence-electron chi connectivity index (χ3n) is 4.10. The van der Waals surface area contributed by atoms with Crippen LogP contribution in [-0.4, -0.2) is 27.3 Å². The second kappa shape index (κ2) is 9.06. The minimum absolute atomic E-state index is 0.309. The molecule has 0 amide bonds. The fourth-order valence-corrected chi connectivity index (χ4v) is 4.73. The van der Waals surface area contributed by atoms with Crippen LogP contribution in [-0.2, 0) is 6.54 Å². The molecule has 1 aromatic heterocycles. The normalized spacial score (nSPS) is 18.0. The zero-order valence-electron chi connectivity index (χ0n) is 13.3. The van der Waals surface area contributed by atoms with E-state index in [1.165, 1.54) is 37.8 Å². The van der Waals surface area contributed by atoms with Crippen LogP contribution in [0.2, 0.25) is 5.02 Å². The van der Waals surface area contributed by atoms with Crippen LogP contribution in [0.25, 0.3) is 0 Å². The smallest absolute Gasteiger partial charge is 0.0834 e. The Labute approximate surface area is 138 Å². The topological polar surface area (TPSA) is 29.9 Å². The van der Waals surface area contributed by atoms with Crippen LogP contribution >= 0.6 is 23.4 Å². The second-order valence-electron chi connectivity index (χ2n) is 5.80. The molecule has 0 radical (unpaired) electrons. The zero-order chi connectivity index (χ0) is 15.1. The summed E-state index contributed by atoms with van der Waals surface area (Å²) < 4.78 is 2.08. The molecule has 1 unspecified atom stereocenters. The van der Waals surface area contributed by atoms with Gasteiger partial charge >= 0.3 is 0 Å². The van der Waals surface area contributed by atoms with E-state index in [1.54, 1.807) is 6.20 Å². The molecule has 5 heteroatoms. The molecule has 2 rings (SSSR count). The number of rotatable bonds is 8. The fraction of sp³-hybridized carbons (Fsp3) is 0.812. The van der Waals surface area contributed by atoms with E-state index in [1.807, 2.05) is 0 Å². The van der Waals surface area contributed by atoms with Gasteiger partial charge in [-0.15, -0.1) is 0 Å². The zero-order valence-corrected chi connectivity index (χ0v) is 14.8. The van der Waals surface area contributed by atoms with E-state index in [9.17, 15) is 0 Å². The van der Waals surface area contributed by atoms with Crippen LogP contribution in [0.15, 0.2) is 6.20 Å². The van der Waals surface area contributed by atoms with Crippen molar-refractivity contribution in [1.29, 1.82) is 0 Å². The first kappa shape index (κ1) is 17.2. The summed E-state index contributed by atoms with van der Waals surface area (Å²) in [5, 5.41) is 9.68. The van der Waals surface area contributed by atoms with Crippen LogP contribution < -0.4 is 5.32 Å². The number of nitrogens with zero attached hydrogens (tertiary/aromatic N) is 2. The molecule has 120 valence electrons. The maximum Gasteiger partial charge on any atom is 0.0834 e. The number of aryl methyl sites for hydroxylation is 1. The quantitative estimate of drug-likeness (QED) is 0.752. The molecule has 1 aliphatic rings. The van der Waals surface area contributed by atoms with Crippen molar-refractivity contribution in [3.8, 4) is 0 Å². The van der Waals surface area contributed by atoms with Crippen molar-refractivity contribution in [2.24, 2.45) is 0 Å². The standard InChI is InChI=1S/C16H28ClN3S/c1-3-10-20-16(14(17)11-19-20)15(18-4-2)12-21-13-8-6-5-7-9-13/h11,13,15,18H,3-10,12H2,1-2H3. The number of aromatic nitrogens is 2. The first-order valence-electron chi connectivity index (χ1n) is 8.32. The monoisotopic (exact) mass is 329 g/mol. The third-order valence-corrected chi connectivity index (χ3v) is 5.86. The minimum atomic E-state index is 0.309. The average Bonchev–Trinajstić information content (AvgIpc) is 2.86. The van der Waals surface area contributed by atoms with Gasteiger partial charge in [-0.05, 0) is 25.8 Å². The van der Waals surface area contributed by atoms with Gasteiger partial charge in [0, 0.05) is 17.5 Å². The van der Waals surface area contributed by atoms with E-state index in [2.05, 4.69) is 40.7 Å². The molecule has 1 aliphatic carbocycles. The molecule has 1 atom stereocenters. The summed E-state index contributed by atoms with van der Waals surface area (Å²) in [6.07, 6.45) is 9.86. The molecule has 0 bridgehead atoms. The number of halogens is 1. The third kappa shape index (κ3) is 4.90. The van der Waals surface area contributed by atoms with Crippen molar-refractivity contribution < 1.29 is 0 Å². The van der Waals surface area contributed by atoms with Gasteiger partial charge in [-0.2, -0.15) is 16.9 Å². The summed E-state index contributed by atoms with van der Waals surface area (Å²) in [6, 6.07) is 0.309. The van der Waals surface area contributed by atoms with Gasteiger partial charge in [0.15, 0.2) is 0 Å². The molecule has 0 aliphatic heterocycles. The summed E-state index contributed by atoms with van der Waals surface area (Å²) in [7, 11) is 0. The molecule has 1 aromatic rings. The Kier molecular flexibility index (Phi) is 7.41. The number of hydrogen-bond donors (Lipinski definition) is 1. The summed E-state index contributed by atoms with van der Waals surface area (Å²) >= 11 is 8.52. The van der Waals surface area contributed by atoms with Crippen molar-refractivity contribution in [3.63, 3.8) is 0 Å². The van der Waals surface area contributed by atoms with Crippen molar-refractivity contribution >= 4 is 23.4 Å². The highest BCUT2D eigenvalue weighted by Crippen LogP contribution is 2.32. The van der Waals surface area contributed by atoms with E-state index in [-0.39, 0.29) is 0 Å². The van der Waals surface area contributed by atoms with Gasteiger partial charge in [-0.1, -0.05) is 44.7 Å². The van der Waals surface area contributed by atoms with Gasteiger partial charge in [0.1, 0.15) is 0 Å². The van der Waals surface area contributed by atoms with Crippen LogP contribution in [0.5, 0.6) is 0 Å². The SMILES string of the molecule is CCCn1ncc(Cl)c1C(CSC1CCCCC1)NCC. The molecule has 1 saturated carbocycles. The van der Waals surface area contributed by atoms with Crippen LogP contribution in [0.4, 0.5) is 0 Å². The minimum Gasteiger partial charge on any atom is -0.308 e. The molecular weight excluding hydrogens is 302 g/mol. The van der Waals surface area contributed by atoms with Crippen molar-refractivity contribution in [2.75, 3.05) is 12.3 Å². The van der Waals surface area contributed by atoms with E-state index >= 15 is 0 Å². The molecule has 1 heterocycles. The largest absolute Gasteiger partial charge is 0.308 e. The Morgan fingerprint density at radius 3 is 2.81 bits per heavy atom. The number of thioether (sulfide) groups is 1. The van der Waals surface area contributed by atoms with E-state index in [0.717, 1.165) is 35.5 Å². The molecule has 1 fully saturated rings. The highest BCUT2D eigenvalue weighted by atomic mass is 35.5. The van der Waals surface area contributed by atoms with Crippen LogP contribution in [0.3, 0.4) is 0 Å². The first-order chi connectivity index (χ1) is 10.3. The molecule has 0 aromatic carbocycles. The second-order valence-corrected chi connectivity index (χ2v) is 7.55. The number of hydrogen-bond acceptors (Lipinski definition) is 3. The van der Waals surface area contributed by atoms with Crippen LogP contribution in [0.1, 0.15) is 64.1 Å². The van der Waals surface area contributed by atoms with Gasteiger partial charge < -0.3 is 5.32 Å². The first-order valence-corrected chi connectivity index (χ1v) is 9.75. The Balaban J connectivity index is 2.01. The predicted molar refractivity (Wildman–Crippen MR) is 93.3 cm³/mol. The van der Waals surface area contributed by atoms with Crippen molar-refractivity contribution in [2.45, 2.75) is 70.2 Å². The molecule has 1 N–H and O–H groups in total. The Morgan fingerprint density at radius 2 is 2.14 bits per heavy atom. The summed E-state index contributed by atoms with van der Waals surface area (Å²) in [5.41, 5.74) is 1.17. The lowest BCUT2D eigenvalue weighted by molar-refractivity contribution is 0.500. The van der Waals surface area contributed by atoms with Gasteiger partial charge in [0.25, 0.3) is 0 Å².